The molecule has 3 rings (SSSR count). The summed E-state index contributed by atoms with van der Waals surface area (Å²) in [7, 11) is 0. The van der Waals surface area contributed by atoms with Gasteiger partial charge in [0.05, 0.1) is 54.6 Å². The zero-order chi connectivity index (χ0) is 26.6. The van der Waals surface area contributed by atoms with Gasteiger partial charge in [-0.15, -0.1) is 46.4 Å². The average Bonchev–Trinajstić information content (AvgIpc) is 2.90. The molecule has 0 bridgehead atoms. The predicted molar refractivity (Wildman–Crippen MR) is 136 cm³/mol. The van der Waals surface area contributed by atoms with Crippen LogP contribution >= 0.6 is 46.4 Å². The van der Waals surface area contributed by atoms with Crippen molar-refractivity contribution in [3.8, 4) is 12.1 Å². The number of hydrogen-bond donors (Lipinski definition) is 0. The molecule has 4 unspecified atom stereocenters. The minimum absolute atomic E-state index is 0.121. The lowest BCUT2D eigenvalue weighted by Crippen LogP contribution is -2.06. The number of nitro benzene ring substituents is 2. The SMILES string of the molecule is N#Cc1ccc(C(Cl)C(Cl)c2ccc(C(Cl)C(Cl)c3ccc(C#N)cc3[N+](=O)[O-])cc2)c([N+](=O)[O-])c1. The molecule has 0 saturated carbocycles. The molecule has 0 heterocycles. The van der Waals surface area contributed by atoms with Crippen LogP contribution in [0.5, 0.6) is 0 Å². The number of hydrogen-bond acceptors (Lipinski definition) is 6. The van der Waals surface area contributed by atoms with E-state index in [0.29, 0.717) is 11.1 Å². The van der Waals surface area contributed by atoms with E-state index in [1.807, 2.05) is 12.1 Å². The van der Waals surface area contributed by atoms with Gasteiger partial charge in [-0.05, 0) is 35.4 Å². The highest BCUT2D eigenvalue weighted by Gasteiger charge is 2.30. The number of nitrogens with zero attached hydrogens (tertiary/aromatic N) is 4. The smallest absolute Gasteiger partial charge is 0.258 e. The maximum Gasteiger partial charge on any atom is 0.275 e. The first-order chi connectivity index (χ1) is 17.1. The highest BCUT2D eigenvalue weighted by Crippen LogP contribution is 2.45. The standard InChI is InChI=1S/C24H14Cl4N4O4/c25-21(23(27)17-7-1-13(11-29)9-19(17)31(33)34)15-3-5-16(6-4-15)22(26)24(28)18-8-2-14(12-30)10-20(18)32(35)36/h1-10,21-24H. The van der Waals surface area contributed by atoms with Crippen molar-refractivity contribution >= 4 is 57.8 Å². The Labute approximate surface area is 225 Å². The molecule has 0 amide bonds. The molecule has 0 radical (unpaired) electrons. The molecule has 0 aromatic heterocycles. The van der Waals surface area contributed by atoms with Gasteiger partial charge >= 0.3 is 0 Å². The van der Waals surface area contributed by atoms with Crippen molar-refractivity contribution in [1.29, 1.82) is 10.5 Å². The summed E-state index contributed by atoms with van der Waals surface area (Å²) in [5.74, 6) is 0. The number of nitro groups is 2. The van der Waals surface area contributed by atoms with Gasteiger partial charge in [-0.2, -0.15) is 10.5 Å². The molecular formula is C24H14Cl4N4O4. The van der Waals surface area contributed by atoms with Gasteiger partial charge in [-0.1, -0.05) is 24.3 Å². The molecule has 0 aliphatic rings. The van der Waals surface area contributed by atoms with E-state index in [4.69, 9.17) is 56.9 Å². The quantitative estimate of drug-likeness (QED) is 0.156. The molecule has 182 valence electrons. The summed E-state index contributed by atoms with van der Waals surface area (Å²) in [6.07, 6.45) is 0. The lowest BCUT2D eigenvalue weighted by atomic mass is 9.97. The first-order valence-corrected chi connectivity index (χ1v) is 11.9. The summed E-state index contributed by atoms with van der Waals surface area (Å²) in [5.41, 5.74) is 1.02. The van der Waals surface area contributed by atoms with E-state index in [9.17, 15) is 20.2 Å². The molecule has 0 spiro atoms. The normalized spacial score (nSPS) is 14.1. The van der Waals surface area contributed by atoms with Crippen molar-refractivity contribution < 1.29 is 9.85 Å². The largest absolute Gasteiger partial charge is 0.275 e. The van der Waals surface area contributed by atoms with E-state index in [2.05, 4.69) is 0 Å². The maximum atomic E-state index is 11.5. The molecule has 0 fully saturated rings. The summed E-state index contributed by atoms with van der Waals surface area (Å²) in [6.45, 7) is 0. The van der Waals surface area contributed by atoms with Gasteiger partial charge in [0.25, 0.3) is 11.4 Å². The molecule has 0 saturated heterocycles. The Balaban J connectivity index is 1.85. The van der Waals surface area contributed by atoms with E-state index in [-0.39, 0.29) is 33.6 Å². The molecule has 3 aromatic rings. The van der Waals surface area contributed by atoms with Gasteiger partial charge in [-0.3, -0.25) is 20.2 Å². The lowest BCUT2D eigenvalue weighted by Gasteiger charge is -2.20. The third-order valence-corrected chi connectivity index (χ3v) is 7.63. The second-order valence-electron chi connectivity index (χ2n) is 7.56. The fourth-order valence-electron chi connectivity index (χ4n) is 3.53. The molecule has 3 aromatic carbocycles. The highest BCUT2D eigenvalue weighted by molar-refractivity contribution is 6.31. The number of alkyl halides is 4. The lowest BCUT2D eigenvalue weighted by molar-refractivity contribution is -0.385. The number of nitriles is 2. The van der Waals surface area contributed by atoms with Crippen LogP contribution in [0.2, 0.25) is 0 Å². The number of rotatable bonds is 8. The fraction of sp³-hybridized carbons (Fsp3) is 0.167. The molecule has 0 aliphatic carbocycles. The van der Waals surface area contributed by atoms with Crippen LogP contribution in [0, 0.1) is 42.9 Å². The summed E-state index contributed by atoms with van der Waals surface area (Å²) >= 11 is 26.0. The van der Waals surface area contributed by atoms with Crippen molar-refractivity contribution in [2.75, 3.05) is 0 Å². The topological polar surface area (TPSA) is 134 Å². The van der Waals surface area contributed by atoms with Gasteiger partial charge in [0.1, 0.15) is 0 Å². The van der Waals surface area contributed by atoms with Gasteiger partial charge in [0.2, 0.25) is 0 Å². The molecule has 0 aliphatic heterocycles. The van der Waals surface area contributed by atoms with E-state index in [0.717, 1.165) is 12.1 Å². The van der Waals surface area contributed by atoms with E-state index < -0.39 is 31.4 Å². The number of benzene rings is 3. The van der Waals surface area contributed by atoms with Crippen LogP contribution in [0.3, 0.4) is 0 Å². The van der Waals surface area contributed by atoms with Crippen molar-refractivity contribution in [2.24, 2.45) is 0 Å². The van der Waals surface area contributed by atoms with Crippen LogP contribution in [-0.2, 0) is 0 Å². The molecule has 0 N–H and O–H groups in total. The molecule has 12 heteroatoms. The summed E-state index contributed by atoms with van der Waals surface area (Å²) in [5, 5.41) is 37.2. The van der Waals surface area contributed by atoms with Gasteiger partial charge < -0.3 is 0 Å². The Kier molecular flexibility index (Phi) is 8.73. The maximum absolute atomic E-state index is 11.5. The molecule has 36 heavy (non-hydrogen) atoms. The van der Waals surface area contributed by atoms with Crippen LogP contribution < -0.4 is 0 Å². The van der Waals surface area contributed by atoms with Crippen molar-refractivity contribution in [1.82, 2.24) is 0 Å². The summed E-state index contributed by atoms with van der Waals surface area (Å²) in [4.78, 5) is 21.7. The minimum Gasteiger partial charge on any atom is -0.258 e. The van der Waals surface area contributed by atoms with Crippen molar-refractivity contribution in [2.45, 2.75) is 21.5 Å². The van der Waals surface area contributed by atoms with Crippen LogP contribution in [0.1, 0.15) is 54.9 Å². The Morgan fingerprint density at radius 2 is 0.944 bits per heavy atom. The Morgan fingerprint density at radius 3 is 1.22 bits per heavy atom. The van der Waals surface area contributed by atoms with Gasteiger partial charge in [0.15, 0.2) is 0 Å². The zero-order valence-electron chi connectivity index (χ0n) is 18.0. The zero-order valence-corrected chi connectivity index (χ0v) is 21.0. The second-order valence-corrected chi connectivity index (χ2v) is 9.44. The first-order valence-electron chi connectivity index (χ1n) is 10.1. The predicted octanol–water partition coefficient (Wildman–Crippen LogP) is 7.77. The van der Waals surface area contributed by atoms with Crippen LogP contribution in [0.15, 0.2) is 60.7 Å². The summed E-state index contributed by atoms with van der Waals surface area (Å²) in [6, 6.07) is 18.1. The van der Waals surface area contributed by atoms with Gasteiger partial charge in [-0.25, -0.2) is 0 Å². The van der Waals surface area contributed by atoms with E-state index >= 15 is 0 Å². The molecular weight excluding hydrogens is 550 g/mol. The van der Waals surface area contributed by atoms with Crippen molar-refractivity contribution in [3.63, 3.8) is 0 Å². The molecule has 8 nitrogen and oxygen atoms in total. The van der Waals surface area contributed by atoms with Crippen LogP contribution in [0.25, 0.3) is 0 Å². The number of halogens is 4. The third kappa shape index (κ3) is 5.70. The average molecular weight is 564 g/mol. The Morgan fingerprint density at radius 1 is 0.611 bits per heavy atom. The monoisotopic (exact) mass is 562 g/mol. The van der Waals surface area contributed by atoms with Gasteiger partial charge in [0, 0.05) is 23.3 Å². The highest BCUT2D eigenvalue weighted by atomic mass is 35.5. The van der Waals surface area contributed by atoms with E-state index in [1.54, 1.807) is 24.3 Å². The van der Waals surface area contributed by atoms with E-state index in [1.165, 1.54) is 24.3 Å². The molecule has 4 atom stereocenters. The second kappa shape index (κ2) is 11.6. The first kappa shape index (κ1) is 27.2. The minimum atomic E-state index is -0.987. The summed E-state index contributed by atoms with van der Waals surface area (Å²) < 4.78 is 0. The fourth-order valence-corrected chi connectivity index (χ4v) is 4.75. The van der Waals surface area contributed by atoms with Crippen molar-refractivity contribution in [3.05, 3.63) is 114 Å². The van der Waals surface area contributed by atoms with Crippen LogP contribution in [-0.4, -0.2) is 9.85 Å². The van der Waals surface area contributed by atoms with Crippen LogP contribution in [0.4, 0.5) is 11.4 Å². The Bertz CT molecular complexity index is 1300. The third-order valence-electron chi connectivity index (χ3n) is 5.39. The Hall–Kier alpha value is -3.40.